The van der Waals surface area contributed by atoms with Crippen molar-refractivity contribution < 1.29 is 9.59 Å². The molecule has 1 N–H and O–H groups in total. The minimum absolute atomic E-state index is 0.0329. The van der Waals surface area contributed by atoms with Crippen molar-refractivity contribution in [1.82, 2.24) is 10.2 Å². The molecule has 2 amide bonds. The number of carbonyl (C=O) groups is 2. The highest BCUT2D eigenvalue weighted by atomic mass is 32.1. The van der Waals surface area contributed by atoms with E-state index < -0.39 is 0 Å². The highest BCUT2D eigenvalue weighted by molar-refractivity contribution is 7.10. The molecule has 1 spiro atoms. The summed E-state index contributed by atoms with van der Waals surface area (Å²) in [7, 11) is 1.71. The second kappa shape index (κ2) is 5.79. The molecule has 3 rings (SSSR count). The van der Waals surface area contributed by atoms with Crippen LogP contribution >= 0.6 is 11.3 Å². The monoisotopic (exact) mass is 306 g/mol. The zero-order chi connectivity index (χ0) is 14.9. The molecule has 1 aliphatic heterocycles. The zero-order valence-corrected chi connectivity index (χ0v) is 13.2. The molecule has 0 bridgehead atoms. The van der Waals surface area contributed by atoms with Crippen LogP contribution in [0.3, 0.4) is 0 Å². The van der Waals surface area contributed by atoms with E-state index in [1.165, 1.54) is 0 Å². The summed E-state index contributed by atoms with van der Waals surface area (Å²) in [4.78, 5) is 27.6. The predicted molar refractivity (Wildman–Crippen MR) is 83.1 cm³/mol. The van der Waals surface area contributed by atoms with Gasteiger partial charge in [-0.1, -0.05) is 12.5 Å². The lowest BCUT2D eigenvalue weighted by molar-refractivity contribution is -0.132. The Hall–Kier alpha value is -1.36. The lowest BCUT2D eigenvalue weighted by Gasteiger charge is -2.30. The lowest BCUT2D eigenvalue weighted by atomic mass is 9.76. The van der Waals surface area contributed by atoms with Crippen LogP contribution in [-0.2, 0) is 16.0 Å². The molecule has 2 heterocycles. The quantitative estimate of drug-likeness (QED) is 0.929. The second-order valence-corrected chi connectivity index (χ2v) is 7.28. The van der Waals surface area contributed by atoms with Crippen LogP contribution in [0.2, 0.25) is 0 Å². The van der Waals surface area contributed by atoms with Crippen LogP contribution in [0.4, 0.5) is 0 Å². The Morgan fingerprint density at radius 3 is 3.05 bits per heavy atom. The van der Waals surface area contributed by atoms with Crippen molar-refractivity contribution in [1.29, 1.82) is 0 Å². The number of thiophene rings is 1. The van der Waals surface area contributed by atoms with Gasteiger partial charge in [0.05, 0.1) is 6.42 Å². The van der Waals surface area contributed by atoms with Crippen LogP contribution in [0, 0.1) is 11.3 Å². The topological polar surface area (TPSA) is 49.4 Å². The van der Waals surface area contributed by atoms with Crippen molar-refractivity contribution in [2.45, 2.75) is 32.1 Å². The van der Waals surface area contributed by atoms with Crippen molar-refractivity contribution >= 4 is 23.2 Å². The average molecular weight is 306 g/mol. The number of rotatable bonds is 3. The molecule has 1 aliphatic carbocycles. The van der Waals surface area contributed by atoms with Crippen molar-refractivity contribution in [3.63, 3.8) is 0 Å². The Labute approximate surface area is 129 Å². The van der Waals surface area contributed by atoms with E-state index >= 15 is 0 Å². The van der Waals surface area contributed by atoms with Gasteiger partial charge >= 0.3 is 0 Å². The normalized spacial score (nSPS) is 28.2. The summed E-state index contributed by atoms with van der Waals surface area (Å²) in [6.45, 7) is 1.56. The summed E-state index contributed by atoms with van der Waals surface area (Å²) in [6.07, 6.45) is 4.62. The third-order valence-corrected chi connectivity index (χ3v) is 5.99. The van der Waals surface area contributed by atoms with Crippen LogP contribution in [0.25, 0.3) is 0 Å². The molecule has 5 heteroatoms. The van der Waals surface area contributed by atoms with Crippen LogP contribution in [0.1, 0.15) is 30.6 Å². The molecule has 114 valence electrons. The summed E-state index contributed by atoms with van der Waals surface area (Å²) in [5, 5.41) is 4.80. The lowest BCUT2D eigenvalue weighted by Crippen LogP contribution is -2.40. The maximum absolute atomic E-state index is 12.4. The van der Waals surface area contributed by atoms with Gasteiger partial charge in [0.15, 0.2) is 0 Å². The highest BCUT2D eigenvalue weighted by Crippen LogP contribution is 2.49. The van der Waals surface area contributed by atoms with Gasteiger partial charge in [0.1, 0.15) is 0 Å². The van der Waals surface area contributed by atoms with Crippen molar-refractivity contribution in [2.75, 3.05) is 20.1 Å². The molecule has 21 heavy (non-hydrogen) atoms. The standard InChI is InChI=1S/C16H22N2O2S/c1-17-15(20)13-5-2-6-16(13)7-8-18(11-16)14(19)10-12-4-3-9-21-12/h3-4,9,13H,2,5-8,10-11H2,1H3,(H,17,20)/t13-,16-/m1/s1. The summed E-state index contributed by atoms with van der Waals surface area (Å²) in [5.74, 6) is 0.443. The first-order valence-electron chi connectivity index (χ1n) is 7.66. The van der Waals surface area contributed by atoms with Gasteiger partial charge in [0, 0.05) is 36.3 Å². The van der Waals surface area contributed by atoms with E-state index in [1.807, 2.05) is 22.4 Å². The number of likely N-dealkylation sites (tertiary alicyclic amines) is 1. The molecule has 2 atom stereocenters. The minimum atomic E-state index is 0.0329. The summed E-state index contributed by atoms with van der Waals surface area (Å²) in [6, 6.07) is 3.99. The highest BCUT2D eigenvalue weighted by Gasteiger charge is 2.50. The van der Waals surface area contributed by atoms with Crippen molar-refractivity contribution in [2.24, 2.45) is 11.3 Å². The number of nitrogens with one attached hydrogen (secondary N) is 1. The molecule has 2 fully saturated rings. The zero-order valence-electron chi connectivity index (χ0n) is 12.4. The van der Waals surface area contributed by atoms with Gasteiger partial charge in [-0.3, -0.25) is 9.59 Å². The Balaban J connectivity index is 1.67. The van der Waals surface area contributed by atoms with Crippen LogP contribution in [0.5, 0.6) is 0 Å². The second-order valence-electron chi connectivity index (χ2n) is 6.24. The smallest absolute Gasteiger partial charge is 0.227 e. The first kappa shape index (κ1) is 14.6. The fourth-order valence-electron chi connectivity index (χ4n) is 3.99. The first-order chi connectivity index (χ1) is 10.1. The number of hydrogen-bond donors (Lipinski definition) is 1. The number of carbonyl (C=O) groups excluding carboxylic acids is 2. The summed E-state index contributed by atoms with van der Waals surface area (Å²) < 4.78 is 0. The van der Waals surface area contributed by atoms with E-state index in [0.717, 1.165) is 43.6 Å². The van der Waals surface area contributed by atoms with Gasteiger partial charge in [-0.15, -0.1) is 11.3 Å². The molecule has 1 aromatic heterocycles. The van der Waals surface area contributed by atoms with E-state index in [2.05, 4.69) is 5.32 Å². The average Bonchev–Trinajstić information content (AvgIpc) is 3.21. The minimum Gasteiger partial charge on any atom is -0.359 e. The summed E-state index contributed by atoms with van der Waals surface area (Å²) in [5.41, 5.74) is 0.0329. The molecule has 1 aromatic rings. The number of hydrogen-bond acceptors (Lipinski definition) is 3. The van der Waals surface area contributed by atoms with E-state index in [4.69, 9.17) is 0 Å². The fraction of sp³-hybridized carbons (Fsp3) is 0.625. The molecule has 1 saturated heterocycles. The van der Waals surface area contributed by atoms with Gasteiger partial charge in [-0.25, -0.2) is 0 Å². The fourth-order valence-corrected chi connectivity index (χ4v) is 4.69. The molecule has 0 unspecified atom stereocenters. The predicted octanol–water partition coefficient (Wildman–Crippen LogP) is 2.06. The number of amides is 2. The molecule has 4 nitrogen and oxygen atoms in total. The van der Waals surface area contributed by atoms with Gasteiger partial charge < -0.3 is 10.2 Å². The van der Waals surface area contributed by atoms with Gasteiger partial charge in [-0.2, -0.15) is 0 Å². The van der Waals surface area contributed by atoms with Gasteiger partial charge in [0.2, 0.25) is 11.8 Å². The van der Waals surface area contributed by atoms with E-state index in [-0.39, 0.29) is 23.1 Å². The first-order valence-corrected chi connectivity index (χ1v) is 8.54. The number of nitrogens with zero attached hydrogens (tertiary/aromatic N) is 1. The third-order valence-electron chi connectivity index (χ3n) is 5.11. The maximum Gasteiger partial charge on any atom is 0.227 e. The Morgan fingerprint density at radius 1 is 1.48 bits per heavy atom. The van der Waals surface area contributed by atoms with E-state index in [0.29, 0.717) is 6.42 Å². The van der Waals surface area contributed by atoms with Gasteiger partial charge in [0.25, 0.3) is 0 Å². The molecule has 0 radical (unpaired) electrons. The molecule has 1 saturated carbocycles. The summed E-state index contributed by atoms with van der Waals surface area (Å²) >= 11 is 1.63. The Morgan fingerprint density at radius 2 is 2.33 bits per heavy atom. The molecular weight excluding hydrogens is 284 g/mol. The SMILES string of the molecule is CNC(=O)[C@H]1CCC[C@]12CCN(C(=O)Cc1cccs1)C2. The van der Waals surface area contributed by atoms with Crippen LogP contribution < -0.4 is 5.32 Å². The largest absolute Gasteiger partial charge is 0.359 e. The van der Waals surface area contributed by atoms with Crippen LogP contribution in [0.15, 0.2) is 17.5 Å². The van der Waals surface area contributed by atoms with Crippen molar-refractivity contribution in [3.05, 3.63) is 22.4 Å². The Kier molecular flexibility index (Phi) is 4.02. The molecular formula is C16H22N2O2S. The van der Waals surface area contributed by atoms with Crippen molar-refractivity contribution in [3.8, 4) is 0 Å². The van der Waals surface area contributed by atoms with Gasteiger partial charge in [-0.05, 0) is 30.7 Å². The Bertz CT molecular complexity index is 528. The maximum atomic E-state index is 12.4. The van der Waals surface area contributed by atoms with E-state index in [1.54, 1.807) is 18.4 Å². The third kappa shape index (κ3) is 2.71. The molecule has 2 aliphatic rings. The molecule has 0 aromatic carbocycles. The van der Waals surface area contributed by atoms with E-state index in [9.17, 15) is 9.59 Å². The van der Waals surface area contributed by atoms with Crippen LogP contribution in [-0.4, -0.2) is 36.9 Å².